The molecule has 7 heteroatoms. The molecular formula is C26H36N4O3. The maximum atomic E-state index is 10.8. The Hall–Kier alpha value is -3.74. The summed E-state index contributed by atoms with van der Waals surface area (Å²) in [5, 5.41) is 17.2. The van der Waals surface area contributed by atoms with Crippen LogP contribution in [0.4, 0.5) is 0 Å². The molecule has 0 fully saturated rings. The summed E-state index contributed by atoms with van der Waals surface area (Å²) >= 11 is 0. The highest BCUT2D eigenvalue weighted by Crippen LogP contribution is 2.23. The maximum Gasteiger partial charge on any atom is 0.216 e. The van der Waals surface area contributed by atoms with Crippen LogP contribution in [0.1, 0.15) is 39.4 Å². The fraction of sp³-hybridized carbons (Fsp3) is 0.308. The van der Waals surface area contributed by atoms with Gasteiger partial charge in [-0.05, 0) is 61.2 Å². The number of hydrogen-bond donors (Lipinski definition) is 5. The monoisotopic (exact) mass is 453 g/mol. The van der Waals surface area contributed by atoms with E-state index in [-0.39, 0.29) is 26.4 Å². The van der Waals surface area contributed by atoms with Gasteiger partial charge in [0, 0.05) is 62.6 Å². The minimum absolute atomic E-state index is 0. The van der Waals surface area contributed by atoms with E-state index >= 15 is 0 Å². The van der Waals surface area contributed by atoms with Crippen LogP contribution in [0.25, 0.3) is 21.8 Å². The standard InChI is InChI=1S/C13H16N2O.C12H14N2O2.CH4.H2/c1-9-3-4-13-12(7-9)11(8-15-13)5-6-14-10(2)16;1-8(15)13-5-4-9-7-14-12-3-2-10(16)6-11(9)12;;/h3-4,7-8,15H,5-6H2,1-2H3,(H,14,16);2-3,6-7,14,16H,4-5H2,1H3,(H,13,15);1H4;1H/i;;;1+1. The minimum Gasteiger partial charge on any atom is -0.508 e. The van der Waals surface area contributed by atoms with Gasteiger partial charge >= 0.3 is 0 Å². The zero-order chi connectivity index (χ0) is 23.1. The molecule has 2 aromatic carbocycles. The number of carbonyl (C=O) groups excluding carboxylic acids is 2. The molecule has 2 aromatic heterocycles. The Balaban J connectivity index is 0.000000321. The summed E-state index contributed by atoms with van der Waals surface area (Å²) in [6.45, 7) is 6.43. The van der Waals surface area contributed by atoms with Crippen LogP contribution >= 0.6 is 0 Å². The number of H-pyrrole nitrogens is 2. The normalized spacial score (nSPS) is 10.3. The van der Waals surface area contributed by atoms with Crippen molar-refractivity contribution in [1.29, 1.82) is 0 Å². The molecule has 0 spiro atoms. The molecule has 0 saturated carbocycles. The summed E-state index contributed by atoms with van der Waals surface area (Å²) in [4.78, 5) is 27.9. The molecule has 4 rings (SSSR count). The molecule has 0 aliphatic carbocycles. The Bertz CT molecular complexity index is 1130. The number of aromatic nitrogens is 2. The highest BCUT2D eigenvalue weighted by atomic mass is 16.3. The smallest absolute Gasteiger partial charge is 0.216 e. The molecule has 0 aliphatic rings. The lowest BCUT2D eigenvalue weighted by atomic mass is 10.1. The van der Waals surface area contributed by atoms with Crippen molar-refractivity contribution >= 4 is 33.6 Å². The summed E-state index contributed by atoms with van der Waals surface area (Å²) in [6, 6.07) is 11.6. The van der Waals surface area contributed by atoms with Crippen molar-refractivity contribution < 1.29 is 16.1 Å². The second-order valence-corrected chi connectivity index (χ2v) is 7.87. The van der Waals surface area contributed by atoms with Gasteiger partial charge in [0.1, 0.15) is 5.75 Å². The van der Waals surface area contributed by atoms with E-state index in [1.807, 2.05) is 18.5 Å². The fourth-order valence-electron chi connectivity index (χ4n) is 3.62. The highest BCUT2D eigenvalue weighted by molar-refractivity contribution is 5.85. The van der Waals surface area contributed by atoms with E-state index < -0.39 is 0 Å². The number of fused-ring (bicyclic) bond motifs is 2. The Kier molecular flexibility index (Phi) is 9.09. The molecule has 33 heavy (non-hydrogen) atoms. The van der Waals surface area contributed by atoms with Gasteiger partial charge in [0.05, 0.1) is 0 Å². The van der Waals surface area contributed by atoms with Crippen LogP contribution in [-0.2, 0) is 22.4 Å². The van der Waals surface area contributed by atoms with E-state index in [2.05, 4.69) is 45.7 Å². The van der Waals surface area contributed by atoms with Gasteiger partial charge in [-0.2, -0.15) is 0 Å². The zero-order valence-corrected chi connectivity index (χ0v) is 18.7. The van der Waals surface area contributed by atoms with Gasteiger partial charge in [-0.25, -0.2) is 0 Å². The van der Waals surface area contributed by atoms with E-state index in [1.54, 1.807) is 19.1 Å². The SMILES string of the molecule is C.CC(=O)NCCc1c[nH]c2ccc(C)cc12.CC(=O)NCCc1c[nH]c2ccc(O)cc12.[2HH]. The van der Waals surface area contributed by atoms with Gasteiger partial charge in [-0.1, -0.05) is 19.1 Å². The third-order valence-electron chi connectivity index (χ3n) is 5.21. The lowest BCUT2D eigenvalue weighted by molar-refractivity contribution is -0.119. The second-order valence-electron chi connectivity index (χ2n) is 7.87. The largest absolute Gasteiger partial charge is 0.508 e. The first kappa shape index (κ1) is 25.5. The van der Waals surface area contributed by atoms with Gasteiger partial charge < -0.3 is 25.7 Å². The first-order valence-electron chi connectivity index (χ1n) is 10.7. The number of nitrogens with one attached hydrogen (secondary N) is 4. The van der Waals surface area contributed by atoms with E-state index in [0.717, 1.165) is 34.8 Å². The number of rotatable bonds is 6. The Morgan fingerprint density at radius 1 is 0.848 bits per heavy atom. The van der Waals surface area contributed by atoms with Crippen molar-refractivity contribution in [2.24, 2.45) is 0 Å². The van der Waals surface area contributed by atoms with Gasteiger partial charge in [-0.3, -0.25) is 9.59 Å². The van der Waals surface area contributed by atoms with Gasteiger partial charge in [-0.15, -0.1) is 0 Å². The topological polar surface area (TPSA) is 110 Å². The van der Waals surface area contributed by atoms with Crippen LogP contribution < -0.4 is 10.6 Å². The first-order valence-corrected chi connectivity index (χ1v) is 10.7. The third-order valence-corrected chi connectivity index (χ3v) is 5.21. The Morgan fingerprint density at radius 3 is 1.85 bits per heavy atom. The number of amides is 2. The molecule has 2 amide bonds. The highest BCUT2D eigenvalue weighted by Gasteiger charge is 2.05. The van der Waals surface area contributed by atoms with E-state index in [9.17, 15) is 14.7 Å². The second kappa shape index (κ2) is 11.8. The van der Waals surface area contributed by atoms with Gasteiger partial charge in [0.15, 0.2) is 0 Å². The molecule has 2 heterocycles. The predicted molar refractivity (Wildman–Crippen MR) is 137 cm³/mol. The van der Waals surface area contributed by atoms with Crippen LogP contribution in [0.15, 0.2) is 48.8 Å². The summed E-state index contributed by atoms with van der Waals surface area (Å²) < 4.78 is 0. The summed E-state index contributed by atoms with van der Waals surface area (Å²) in [5.74, 6) is 0.256. The van der Waals surface area contributed by atoms with E-state index in [0.29, 0.717) is 13.1 Å². The van der Waals surface area contributed by atoms with E-state index in [1.165, 1.54) is 23.4 Å². The number of phenolic OH excluding ortho intramolecular Hbond substituents is 1. The molecular weight excluding hydrogens is 416 g/mol. The number of benzene rings is 2. The average Bonchev–Trinajstić information content (AvgIpc) is 3.32. The van der Waals surface area contributed by atoms with Gasteiger partial charge in [0.25, 0.3) is 0 Å². The number of phenols is 1. The predicted octanol–water partition coefficient (Wildman–Crippen LogP) is 4.59. The Morgan fingerprint density at radius 2 is 1.33 bits per heavy atom. The maximum absolute atomic E-state index is 10.8. The van der Waals surface area contributed by atoms with Crippen molar-refractivity contribution in [2.75, 3.05) is 13.1 Å². The summed E-state index contributed by atoms with van der Waals surface area (Å²) in [5.41, 5.74) is 5.76. The molecule has 0 bridgehead atoms. The van der Waals surface area contributed by atoms with Crippen LogP contribution in [0, 0.1) is 6.92 Å². The lowest BCUT2D eigenvalue weighted by Crippen LogP contribution is -2.22. The average molecular weight is 454 g/mol. The summed E-state index contributed by atoms with van der Waals surface area (Å²) in [7, 11) is 0. The van der Waals surface area contributed by atoms with Crippen molar-refractivity contribution in [3.63, 3.8) is 0 Å². The van der Waals surface area contributed by atoms with Crippen LogP contribution in [-0.4, -0.2) is 40.0 Å². The van der Waals surface area contributed by atoms with Crippen LogP contribution in [0.5, 0.6) is 5.75 Å². The van der Waals surface area contributed by atoms with Crippen LogP contribution in [0.2, 0.25) is 0 Å². The summed E-state index contributed by atoms with van der Waals surface area (Å²) in [6.07, 6.45) is 5.55. The number of aromatic amines is 2. The number of aromatic hydroxyl groups is 1. The minimum atomic E-state index is -0.0253. The van der Waals surface area contributed by atoms with Crippen molar-refractivity contribution in [1.82, 2.24) is 20.6 Å². The Labute approximate surface area is 196 Å². The van der Waals surface area contributed by atoms with Crippen molar-refractivity contribution in [3.05, 3.63) is 65.5 Å². The van der Waals surface area contributed by atoms with E-state index in [4.69, 9.17) is 0 Å². The molecule has 0 unspecified atom stereocenters. The molecule has 0 aliphatic heterocycles. The molecule has 178 valence electrons. The molecule has 0 atom stereocenters. The third kappa shape index (κ3) is 7.14. The lowest BCUT2D eigenvalue weighted by Gasteiger charge is -2.01. The van der Waals surface area contributed by atoms with Crippen LogP contribution in [0.3, 0.4) is 0 Å². The number of aryl methyl sites for hydroxylation is 1. The molecule has 5 N–H and O–H groups in total. The first-order chi connectivity index (χ1) is 15.3. The number of carbonyl (C=O) groups is 2. The van der Waals surface area contributed by atoms with Crippen molar-refractivity contribution in [2.45, 2.75) is 41.0 Å². The zero-order valence-electron chi connectivity index (χ0n) is 18.7. The molecule has 0 saturated heterocycles. The molecule has 7 nitrogen and oxygen atoms in total. The number of hydrogen-bond acceptors (Lipinski definition) is 3. The fourth-order valence-corrected chi connectivity index (χ4v) is 3.62. The van der Waals surface area contributed by atoms with Gasteiger partial charge in [0.2, 0.25) is 11.8 Å². The molecule has 4 aromatic rings. The quantitative estimate of drug-likeness (QED) is 0.294. The van der Waals surface area contributed by atoms with Crippen molar-refractivity contribution in [3.8, 4) is 5.75 Å². The molecule has 0 radical (unpaired) electrons.